The molecule has 1 saturated heterocycles. The van der Waals surface area contributed by atoms with Crippen LogP contribution in [0.5, 0.6) is 0 Å². The van der Waals surface area contributed by atoms with Crippen LogP contribution in [0.2, 0.25) is 5.02 Å². The summed E-state index contributed by atoms with van der Waals surface area (Å²) in [5.74, 6) is -0.837. The minimum atomic E-state index is -0.879. The number of halogens is 1. The molecule has 0 radical (unpaired) electrons. The SMILES string of the molecule is C[C@@H](OC(=O)c1ccc(Cl)cc1N)C(=O)N1CCN(c2ccccc2)CC1. The second-order valence-electron chi connectivity index (χ2n) is 6.43. The van der Waals surface area contributed by atoms with E-state index in [0.29, 0.717) is 18.1 Å². The number of benzene rings is 2. The Morgan fingerprint density at radius 2 is 1.74 bits per heavy atom. The van der Waals surface area contributed by atoms with E-state index in [1.165, 1.54) is 12.1 Å². The van der Waals surface area contributed by atoms with Crippen LogP contribution in [0.15, 0.2) is 48.5 Å². The lowest BCUT2D eigenvalue weighted by molar-refractivity contribution is -0.140. The normalized spacial score (nSPS) is 15.3. The van der Waals surface area contributed by atoms with Gasteiger partial charge in [-0.2, -0.15) is 0 Å². The van der Waals surface area contributed by atoms with Crippen molar-refractivity contribution < 1.29 is 14.3 Å². The summed E-state index contributed by atoms with van der Waals surface area (Å²) in [6.45, 7) is 4.22. The molecule has 27 heavy (non-hydrogen) atoms. The van der Waals surface area contributed by atoms with Crippen molar-refractivity contribution in [3.63, 3.8) is 0 Å². The standard InChI is InChI=1S/C20H22ClN3O3/c1-14(27-20(26)17-8-7-15(21)13-18(17)22)19(25)24-11-9-23(10-12-24)16-5-3-2-4-6-16/h2-8,13-14H,9-12,22H2,1H3/t14-/m1/s1. The second-order valence-corrected chi connectivity index (χ2v) is 6.86. The summed E-state index contributed by atoms with van der Waals surface area (Å²) in [4.78, 5) is 28.9. The van der Waals surface area contributed by atoms with Crippen LogP contribution in [0.3, 0.4) is 0 Å². The molecule has 1 aliphatic heterocycles. The Kier molecular flexibility index (Phi) is 5.86. The lowest BCUT2D eigenvalue weighted by Gasteiger charge is -2.37. The van der Waals surface area contributed by atoms with Gasteiger partial charge < -0.3 is 20.3 Å². The van der Waals surface area contributed by atoms with Crippen molar-refractivity contribution in [1.82, 2.24) is 4.90 Å². The molecular weight excluding hydrogens is 366 g/mol. The quantitative estimate of drug-likeness (QED) is 0.645. The number of nitrogens with zero attached hydrogens (tertiary/aromatic N) is 2. The van der Waals surface area contributed by atoms with E-state index in [-0.39, 0.29) is 17.2 Å². The van der Waals surface area contributed by atoms with Crippen LogP contribution >= 0.6 is 11.6 Å². The van der Waals surface area contributed by atoms with Crippen molar-refractivity contribution in [2.24, 2.45) is 0 Å². The number of anilines is 2. The molecule has 1 atom stereocenters. The third kappa shape index (κ3) is 4.52. The van der Waals surface area contributed by atoms with Gasteiger partial charge >= 0.3 is 5.97 Å². The van der Waals surface area contributed by atoms with E-state index < -0.39 is 12.1 Å². The summed E-state index contributed by atoms with van der Waals surface area (Å²) in [6.07, 6.45) is -0.879. The molecule has 1 fully saturated rings. The molecule has 2 N–H and O–H groups in total. The highest BCUT2D eigenvalue weighted by Gasteiger charge is 2.28. The first kappa shape index (κ1) is 19.0. The number of amides is 1. The minimum absolute atomic E-state index is 0.202. The van der Waals surface area contributed by atoms with Gasteiger partial charge in [0, 0.05) is 42.6 Å². The van der Waals surface area contributed by atoms with Gasteiger partial charge in [-0.15, -0.1) is 0 Å². The number of rotatable bonds is 4. The molecule has 0 bridgehead atoms. The van der Waals surface area contributed by atoms with Crippen LogP contribution < -0.4 is 10.6 Å². The first-order valence-electron chi connectivity index (χ1n) is 8.80. The first-order valence-corrected chi connectivity index (χ1v) is 9.18. The molecule has 6 nitrogen and oxygen atoms in total. The number of para-hydroxylation sites is 1. The first-order chi connectivity index (χ1) is 13.0. The van der Waals surface area contributed by atoms with Crippen molar-refractivity contribution >= 4 is 34.9 Å². The average molecular weight is 388 g/mol. The van der Waals surface area contributed by atoms with E-state index in [1.54, 1.807) is 17.9 Å². The molecule has 0 unspecified atom stereocenters. The van der Waals surface area contributed by atoms with E-state index in [4.69, 9.17) is 22.1 Å². The highest BCUT2D eigenvalue weighted by atomic mass is 35.5. The monoisotopic (exact) mass is 387 g/mol. The highest BCUT2D eigenvalue weighted by molar-refractivity contribution is 6.31. The maximum atomic E-state index is 12.6. The summed E-state index contributed by atoms with van der Waals surface area (Å²) in [5.41, 5.74) is 7.37. The lowest BCUT2D eigenvalue weighted by Crippen LogP contribution is -2.51. The van der Waals surface area contributed by atoms with E-state index in [1.807, 2.05) is 18.2 Å². The van der Waals surface area contributed by atoms with Crippen molar-refractivity contribution in [3.8, 4) is 0 Å². The molecular formula is C20H22ClN3O3. The zero-order chi connectivity index (χ0) is 19.4. The molecule has 7 heteroatoms. The zero-order valence-corrected chi connectivity index (χ0v) is 15.9. The van der Waals surface area contributed by atoms with Crippen LogP contribution in [-0.4, -0.2) is 49.1 Å². The van der Waals surface area contributed by atoms with Gasteiger partial charge in [-0.25, -0.2) is 4.79 Å². The van der Waals surface area contributed by atoms with E-state index in [9.17, 15) is 9.59 Å². The Hall–Kier alpha value is -2.73. The smallest absolute Gasteiger partial charge is 0.341 e. The fraction of sp³-hybridized carbons (Fsp3) is 0.300. The Labute approximate surface area is 163 Å². The molecule has 1 amide bonds. The van der Waals surface area contributed by atoms with Crippen LogP contribution in [0.4, 0.5) is 11.4 Å². The number of carbonyl (C=O) groups is 2. The highest BCUT2D eigenvalue weighted by Crippen LogP contribution is 2.20. The predicted molar refractivity (Wildman–Crippen MR) is 106 cm³/mol. The number of piperazine rings is 1. The molecule has 0 spiro atoms. The Balaban J connectivity index is 1.55. The number of ether oxygens (including phenoxy) is 1. The maximum absolute atomic E-state index is 12.6. The third-order valence-electron chi connectivity index (χ3n) is 4.58. The van der Waals surface area contributed by atoms with Gasteiger partial charge in [0.15, 0.2) is 6.10 Å². The van der Waals surface area contributed by atoms with Gasteiger partial charge in [0.05, 0.1) is 5.56 Å². The van der Waals surface area contributed by atoms with Gasteiger partial charge in [-0.05, 0) is 37.3 Å². The van der Waals surface area contributed by atoms with E-state index >= 15 is 0 Å². The fourth-order valence-corrected chi connectivity index (χ4v) is 3.26. The number of hydrogen-bond donors (Lipinski definition) is 1. The van der Waals surface area contributed by atoms with Gasteiger partial charge in [-0.1, -0.05) is 29.8 Å². The van der Waals surface area contributed by atoms with Crippen molar-refractivity contribution in [3.05, 3.63) is 59.1 Å². The summed E-state index contributed by atoms with van der Waals surface area (Å²) in [5, 5.41) is 0.435. The topological polar surface area (TPSA) is 75.9 Å². The molecule has 142 valence electrons. The Morgan fingerprint density at radius 1 is 1.07 bits per heavy atom. The molecule has 1 aliphatic rings. The van der Waals surface area contributed by atoms with Crippen molar-refractivity contribution in [2.45, 2.75) is 13.0 Å². The number of nitrogen functional groups attached to an aromatic ring is 1. The number of esters is 1. The van der Waals surface area contributed by atoms with Crippen LogP contribution in [0.25, 0.3) is 0 Å². The molecule has 0 aliphatic carbocycles. The summed E-state index contributed by atoms with van der Waals surface area (Å²) >= 11 is 5.84. The third-order valence-corrected chi connectivity index (χ3v) is 4.81. The van der Waals surface area contributed by atoms with Crippen LogP contribution in [0, 0.1) is 0 Å². The van der Waals surface area contributed by atoms with Crippen molar-refractivity contribution in [1.29, 1.82) is 0 Å². The minimum Gasteiger partial charge on any atom is -0.449 e. The summed E-state index contributed by atoms with van der Waals surface area (Å²) < 4.78 is 5.32. The van der Waals surface area contributed by atoms with Gasteiger partial charge in [0.25, 0.3) is 5.91 Å². The molecule has 2 aromatic carbocycles. The van der Waals surface area contributed by atoms with Crippen LogP contribution in [0.1, 0.15) is 17.3 Å². The summed E-state index contributed by atoms with van der Waals surface area (Å²) in [6, 6.07) is 14.6. The molecule has 3 rings (SSSR count). The lowest BCUT2D eigenvalue weighted by atomic mass is 10.2. The number of hydrogen-bond acceptors (Lipinski definition) is 5. The van der Waals surface area contributed by atoms with Gasteiger partial charge in [-0.3, -0.25) is 4.79 Å². The Bertz CT molecular complexity index is 820. The van der Waals surface area contributed by atoms with Gasteiger partial charge in [0.1, 0.15) is 0 Å². The number of nitrogens with two attached hydrogens (primary N) is 1. The molecule has 0 aromatic heterocycles. The second kappa shape index (κ2) is 8.31. The summed E-state index contributed by atoms with van der Waals surface area (Å²) in [7, 11) is 0. The molecule has 1 heterocycles. The maximum Gasteiger partial charge on any atom is 0.341 e. The average Bonchev–Trinajstić information content (AvgIpc) is 2.68. The zero-order valence-electron chi connectivity index (χ0n) is 15.1. The Morgan fingerprint density at radius 3 is 2.37 bits per heavy atom. The fourth-order valence-electron chi connectivity index (χ4n) is 3.07. The van der Waals surface area contributed by atoms with Crippen molar-refractivity contribution in [2.75, 3.05) is 36.8 Å². The number of carbonyl (C=O) groups excluding carboxylic acids is 2. The molecule has 2 aromatic rings. The van der Waals surface area contributed by atoms with E-state index in [2.05, 4.69) is 17.0 Å². The van der Waals surface area contributed by atoms with E-state index in [0.717, 1.165) is 18.8 Å². The van der Waals surface area contributed by atoms with Gasteiger partial charge in [0.2, 0.25) is 0 Å². The van der Waals surface area contributed by atoms with Crippen LogP contribution in [-0.2, 0) is 9.53 Å². The largest absolute Gasteiger partial charge is 0.449 e. The molecule has 0 saturated carbocycles. The predicted octanol–water partition coefficient (Wildman–Crippen LogP) is 2.82.